The highest BCUT2D eigenvalue weighted by molar-refractivity contribution is 5.94. The fourth-order valence-corrected chi connectivity index (χ4v) is 0.983. The summed E-state index contributed by atoms with van der Waals surface area (Å²) < 4.78 is 0. The molecule has 0 spiro atoms. The lowest BCUT2D eigenvalue weighted by Crippen LogP contribution is -2.42. The van der Waals surface area contributed by atoms with Gasteiger partial charge in [0, 0.05) is 6.20 Å². The van der Waals surface area contributed by atoms with E-state index in [1.54, 1.807) is 18.2 Å². The average molecular weight is 182 g/mol. The fourth-order valence-electron chi connectivity index (χ4n) is 0.983. The molecule has 1 aliphatic heterocycles. The Kier molecular flexibility index (Phi) is 2.81. The van der Waals surface area contributed by atoms with E-state index < -0.39 is 24.5 Å². The maximum Gasteiger partial charge on any atom is 0.312 e. The summed E-state index contributed by atoms with van der Waals surface area (Å²) in [6.07, 6.45) is 5.32. The number of carboxylic acid groups (broad SMARTS) is 1. The van der Waals surface area contributed by atoms with Crippen molar-refractivity contribution in [1.82, 2.24) is 4.90 Å². The number of aliphatic carboxylic acids is 1. The molecule has 0 aromatic heterocycles. The van der Waals surface area contributed by atoms with Gasteiger partial charge in [-0.2, -0.15) is 0 Å². The Hall–Kier alpha value is -1.62. The summed E-state index contributed by atoms with van der Waals surface area (Å²) in [6, 6.07) is 0. The molecule has 3 N–H and O–H groups in total. The maximum atomic E-state index is 11.2. The third kappa shape index (κ3) is 2.41. The number of allylic oxidation sites excluding steroid dienone is 2. The van der Waals surface area contributed by atoms with Gasteiger partial charge in [0.1, 0.15) is 12.6 Å². The van der Waals surface area contributed by atoms with Gasteiger partial charge in [0.25, 0.3) is 0 Å². The van der Waals surface area contributed by atoms with Crippen LogP contribution in [0.25, 0.3) is 0 Å². The van der Waals surface area contributed by atoms with E-state index in [0.29, 0.717) is 0 Å². The minimum absolute atomic E-state index is 0.513. The summed E-state index contributed by atoms with van der Waals surface area (Å²) >= 11 is 0. The number of rotatable bonds is 2. The van der Waals surface area contributed by atoms with E-state index in [2.05, 4.69) is 0 Å². The molecule has 0 bridgehead atoms. The molecule has 1 heterocycles. The van der Waals surface area contributed by atoms with Gasteiger partial charge in [-0.05, 0) is 12.2 Å². The van der Waals surface area contributed by atoms with E-state index in [-0.39, 0.29) is 0 Å². The van der Waals surface area contributed by atoms with E-state index >= 15 is 0 Å². The SMILES string of the molecule is NC1C=CC=CN1C(=O)CC(=O)O. The molecule has 0 saturated carbocycles. The van der Waals surface area contributed by atoms with E-state index in [1.165, 1.54) is 11.1 Å². The smallest absolute Gasteiger partial charge is 0.312 e. The predicted molar refractivity (Wildman–Crippen MR) is 45.4 cm³/mol. The van der Waals surface area contributed by atoms with Gasteiger partial charge in [0.15, 0.2) is 0 Å². The highest BCUT2D eigenvalue weighted by atomic mass is 16.4. The van der Waals surface area contributed by atoms with Crippen molar-refractivity contribution in [2.75, 3.05) is 0 Å². The molecule has 13 heavy (non-hydrogen) atoms. The topological polar surface area (TPSA) is 83.6 Å². The number of carbonyl (C=O) groups excluding carboxylic acids is 1. The van der Waals surface area contributed by atoms with Crippen LogP contribution in [0.1, 0.15) is 6.42 Å². The molecule has 0 saturated heterocycles. The van der Waals surface area contributed by atoms with E-state index in [4.69, 9.17) is 10.8 Å². The van der Waals surface area contributed by atoms with Gasteiger partial charge >= 0.3 is 5.97 Å². The van der Waals surface area contributed by atoms with E-state index in [1.807, 2.05) is 0 Å². The van der Waals surface area contributed by atoms with Gasteiger partial charge < -0.3 is 10.8 Å². The molecular formula is C8H10N2O3. The van der Waals surface area contributed by atoms with Crippen LogP contribution in [0.4, 0.5) is 0 Å². The molecule has 1 unspecified atom stereocenters. The summed E-state index contributed by atoms with van der Waals surface area (Å²) in [6.45, 7) is 0. The summed E-state index contributed by atoms with van der Waals surface area (Å²) in [5, 5.41) is 8.37. The molecule has 0 fully saturated rings. The summed E-state index contributed by atoms with van der Waals surface area (Å²) in [4.78, 5) is 22.6. The lowest BCUT2D eigenvalue weighted by Gasteiger charge is -2.24. The average Bonchev–Trinajstić information content (AvgIpc) is 2.03. The fraction of sp³-hybridized carbons (Fsp3) is 0.250. The molecule has 0 radical (unpaired) electrons. The highest BCUT2D eigenvalue weighted by Crippen LogP contribution is 2.05. The van der Waals surface area contributed by atoms with Crippen LogP contribution in [-0.4, -0.2) is 28.0 Å². The lowest BCUT2D eigenvalue weighted by molar-refractivity contribution is -0.143. The molecule has 1 amide bonds. The first-order valence-electron chi connectivity index (χ1n) is 3.75. The largest absolute Gasteiger partial charge is 0.481 e. The number of amides is 1. The van der Waals surface area contributed by atoms with Crippen LogP contribution in [0.15, 0.2) is 24.4 Å². The Morgan fingerprint density at radius 2 is 2.15 bits per heavy atom. The number of nitrogens with zero attached hydrogens (tertiary/aromatic N) is 1. The zero-order valence-electron chi connectivity index (χ0n) is 6.88. The molecule has 5 heteroatoms. The van der Waals surface area contributed by atoms with Crippen LogP contribution in [0.2, 0.25) is 0 Å². The third-order valence-electron chi connectivity index (χ3n) is 1.58. The predicted octanol–water partition coefficient (Wildman–Crippen LogP) is -0.342. The van der Waals surface area contributed by atoms with Gasteiger partial charge in [0.05, 0.1) is 0 Å². The van der Waals surface area contributed by atoms with Crippen molar-refractivity contribution in [3.8, 4) is 0 Å². The highest BCUT2D eigenvalue weighted by Gasteiger charge is 2.19. The second kappa shape index (κ2) is 3.86. The Morgan fingerprint density at radius 3 is 2.69 bits per heavy atom. The van der Waals surface area contributed by atoms with E-state index in [0.717, 1.165) is 0 Å². The van der Waals surface area contributed by atoms with Gasteiger partial charge in [-0.3, -0.25) is 14.5 Å². The first-order valence-corrected chi connectivity index (χ1v) is 3.75. The Balaban J connectivity index is 2.61. The zero-order valence-corrected chi connectivity index (χ0v) is 6.88. The Morgan fingerprint density at radius 1 is 1.46 bits per heavy atom. The molecule has 1 atom stereocenters. The van der Waals surface area contributed by atoms with Crippen LogP contribution in [0.5, 0.6) is 0 Å². The molecule has 70 valence electrons. The quantitative estimate of drug-likeness (QED) is 0.572. The minimum atomic E-state index is -1.15. The van der Waals surface area contributed by atoms with Crippen molar-refractivity contribution >= 4 is 11.9 Å². The number of carbonyl (C=O) groups is 2. The lowest BCUT2D eigenvalue weighted by atomic mass is 10.2. The first-order chi connectivity index (χ1) is 6.11. The normalized spacial score (nSPS) is 20.4. The van der Waals surface area contributed by atoms with E-state index in [9.17, 15) is 9.59 Å². The summed E-state index contributed by atoms with van der Waals surface area (Å²) in [7, 11) is 0. The zero-order chi connectivity index (χ0) is 9.84. The van der Waals surface area contributed by atoms with Gasteiger partial charge in [0.2, 0.25) is 5.91 Å². The molecule has 0 aromatic rings. The van der Waals surface area contributed by atoms with Crippen molar-refractivity contribution in [2.45, 2.75) is 12.6 Å². The molecule has 5 nitrogen and oxygen atoms in total. The molecule has 1 aliphatic rings. The minimum Gasteiger partial charge on any atom is -0.481 e. The molecule has 0 aliphatic carbocycles. The van der Waals surface area contributed by atoms with Gasteiger partial charge in [-0.1, -0.05) is 6.08 Å². The Labute approximate surface area is 75.1 Å². The standard InChI is InChI=1S/C8H10N2O3/c9-6-3-1-2-4-10(6)7(11)5-8(12)13/h1-4,6H,5,9H2,(H,12,13). The van der Waals surface area contributed by atoms with Crippen molar-refractivity contribution in [3.63, 3.8) is 0 Å². The summed E-state index contributed by atoms with van der Waals surface area (Å²) in [5.74, 6) is -1.67. The third-order valence-corrected chi connectivity index (χ3v) is 1.58. The van der Waals surface area contributed by atoms with Crippen molar-refractivity contribution in [1.29, 1.82) is 0 Å². The first kappa shape index (κ1) is 9.47. The number of hydrogen-bond donors (Lipinski definition) is 2. The molecule has 0 aromatic carbocycles. The number of carboxylic acids is 1. The van der Waals surface area contributed by atoms with Crippen LogP contribution in [0.3, 0.4) is 0 Å². The number of hydrogen-bond acceptors (Lipinski definition) is 3. The van der Waals surface area contributed by atoms with Crippen LogP contribution in [-0.2, 0) is 9.59 Å². The maximum absolute atomic E-state index is 11.2. The summed E-state index contributed by atoms with van der Waals surface area (Å²) in [5.41, 5.74) is 5.53. The van der Waals surface area contributed by atoms with Crippen molar-refractivity contribution in [3.05, 3.63) is 24.4 Å². The van der Waals surface area contributed by atoms with Crippen LogP contribution >= 0.6 is 0 Å². The monoisotopic (exact) mass is 182 g/mol. The van der Waals surface area contributed by atoms with Crippen molar-refractivity contribution in [2.24, 2.45) is 5.73 Å². The van der Waals surface area contributed by atoms with Gasteiger partial charge in [-0.25, -0.2) is 0 Å². The van der Waals surface area contributed by atoms with Crippen LogP contribution < -0.4 is 5.73 Å². The Bertz CT molecular complexity index is 283. The van der Waals surface area contributed by atoms with Crippen molar-refractivity contribution < 1.29 is 14.7 Å². The number of nitrogens with two attached hydrogens (primary N) is 1. The van der Waals surface area contributed by atoms with Crippen LogP contribution in [0, 0.1) is 0 Å². The molecule has 1 rings (SSSR count). The second-order valence-electron chi connectivity index (χ2n) is 2.59. The molecular weight excluding hydrogens is 172 g/mol. The van der Waals surface area contributed by atoms with Gasteiger partial charge in [-0.15, -0.1) is 0 Å². The second-order valence-corrected chi connectivity index (χ2v) is 2.59.